The molecule has 22 heavy (non-hydrogen) atoms. The van der Waals surface area contributed by atoms with Crippen LogP contribution in [-0.4, -0.2) is 18.6 Å². The number of carbonyl (C=O) groups is 1. The third-order valence-electron chi connectivity index (χ3n) is 4.15. The summed E-state index contributed by atoms with van der Waals surface area (Å²) in [5, 5.41) is 0. The van der Waals surface area contributed by atoms with Gasteiger partial charge in [-0.3, -0.25) is 4.79 Å². The van der Waals surface area contributed by atoms with Crippen molar-refractivity contribution in [3.8, 4) is 5.75 Å². The molecule has 0 aliphatic carbocycles. The summed E-state index contributed by atoms with van der Waals surface area (Å²) in [6.07, 6.45) is 0.915. The minimum atomic E-state index is 0.0589. The molecule has 0 unspecified atom stereocenters. The molecule has 0 fully saturated rings. The Morgan fingerprint density at radius 3 is 2.77 bits per heavy atom. The van der Waals surface area contributed by atoms with Crippen LogP contribution in [0.3, 0.4) is 0 Å². The van der Waals surface area contributed by atoms with Crippen LogP contribution in [0.4, 0.5) is 5.69 Å². The first kappa shape index (κ1) is 14.6. The molecule has 1 aliphatic heterocycles. The predicted octanol–water partition coefficient (Wildman–Crippen LogP) is 3.99. The number of benzene rings is 2. The molecule has 0 spiro atoms. The van der Waals surface area contributed by atoms with Crippen molar-refractivity contribution in [3.63, 3.8) is 0 Å². The Morgan fingerprint density at radius 2 is 2.05 bits per heavy atom. The van der Waals surface area contributed by atoms with E-state index < -0.39 is 0 Å². The Bertz CT molecular complexity index is 708. The van der Waals surface area contributed by atoms with Crippen molar-refractivity contribution in [1.29, 1.82) is 0 Å². The number of aryl methyl sites for hydroxylation is 1. The Balaban J connectivity index is 1.93. The highest BCUT2D eigenvalue weighted by atomic mass is 16.5. The summed E-state index contributed by atoms with van der Waals surface area (Å²) in [5.41, 5.74) is 3.98. The first-order chi connectivity index (χ1) is 10.6. The van der Waals surface area contributed by atoms with Gasteiger partial charge in [-0.15, -0.1) is 0 Å². The van der Waals surface area contributed by atoms with Crippen LogP contribution in [0.15, 0.2) is 42.5 Å². The first-order valence-electron chi connectivity index (χ1n) is 7.76. The second kappa shape index (κ2) is 5.84. The van der Waals surface area contributed by atoms with Crippen molar-refractivity contribution in [2.75, 3.05) is 11.5 Å². The highest BCUT2D eigenvalue weighted by Crippen LogP contribution is 2.33. The number of hydrogen-bond acceptors (Lipinski definition) is 2. The van der Waals surface area contributed by atoms with Gasteiger partial charge in [0, 0.05) is 17.3 Å². The molecule has 2 aromatic rings. The van der Waals surface area contributed by atoms with Crippen molar-refractivity contribution in [1.82, 2.24) is 0 Å². The van der Waals surface area contributed by atoms with Crippen LogP contribution in [0.1, 0.15) is 35.3 Å². The number of ether oxygens (including phenoxy) is 1. The molecule has 0 aromatic heterocycles. The second-order valence-corrected chi connectivity index (χ2v) is 5.77. The molecule has 0 saturated carbocycles. The van der Waals surface area contributed by atoms with E-state index in [1.165, 1.54) is 5.56 Å². The van der Waals surface area contributed by atoms with Crippen LogP contribution >= 0.6 is 0 Å². The molecular formula is C19H21NO2. The van der Waals surface area contributed by atoms with Gasteiger partial charge < -0.3 is 9.64 Å². The Labute approximate surface area is 131 Å². The quantitative estimate of drug-likeness (QED) is 0.857. The van der Waals surface area contributed by atoms with Gasteiger partial charge in [0.15, 0.2) is 0 Å². The van der Waals surface area contributed by atoms with Gasteiger partial charge in [-0.1, -0.05) is 18.2 Å². The van der Waals surface area contributed by atoms with Gasteiger partial charge in [0.05, 0.1) is 6.61 Å². The fourth-order valence-electron chi connectivity index (χ4n) is 3.11. The van der Waals surface area contributed by atoms with Crippen LogP contribution < -0.4 is 9.64 Å². The van der Waals surface area contributed by atoms with E-state index in [9.17, 15) is 4.79 Å². The van der Waals surface area contributed by atoms with Gasteiger partial charge in [0.1, 0.15) is 5.75 Å². The van der Waals surface area contributed by atoms with E-state index in [0.717, 1.165) is 23.4 Å². The van der Waals surface area contributed by atoms with Crippen molar-refractivity contribution in [3.05, 3.63) is 59.2 Å². The minimum absolute atomic E-state index is 0.0589. The van der Waals surface area contributed by atoms with Gasteiger partial charge in [0.2, 0.25) is 0 Å². The van der Waals surface area contributed by atoms with Crippen molar-refractivity contribution < 1.29 is 9.53 Å². The average molecular weight is 295 g/mol. The molecule has 114 valence electrons. The molecule has 2 aromatic carbocycles. The number of hydrogen-bond donors (Lipinski definition) is 0. The maximum atomic E-state index is 12.9. The maximum Gasteiger partial charge on any atom is 0.258 e. The molecule has 1 amide bonds. The van der Waals surface area contributed by atoms with Crippen LogP contribution in [0.2, 0.25) is 0 Å². The van der Waals surface area contributed by atoms with E-state index >= 15 is 0 Å². The number of anilines is 1. The lowest BCUT2D eigenvalue weighted by Crippen LogP contribution is -2.35. The standard InChI is InChI=1S/C19H21NO2/c1-4-22-18-10-9-16(11-13(18)2)19(21)20-14(3)12-15-7-5-6-8-17(15)20/h5-11,14H,4,12H2,1-3H3/t14-/m0/s1. The van der Waals surface area contributed by atoms with Gasteiger partial charge in [-0.05, 0) is 62.6 Å². The normalized spacial score (nSPS) is 16.5. The average Bonchev–Trinajstić information content (AvgIpc) is 2.84. The molecule has 0 radical (unpaired) electrons. The van der Waals surface area contributed by atoms with Crippen molar-refractivity contribution in [2.45, 2.75) is 33.2 Å². The van der Waals surface area contributed by atoms with E-state index in [1.54, 1.807) is 0 Å². The van der Waals surface area contributed by atoms with Gasteiger partial charge >= 0.3 is 0 Å². The van der Waals surface area contributed by atoms with Gasteiger partial charge in [-0.25, -0.2) is 0 Å². The summed E-state index contributed by atoms with van der Waals surface area (Å²) in [6, 6.07) is 14.0. The molecule has 3 nitrogen and oxygen atoms in total. The number of para-hydroxylation sites is 1. The predicted molar refractivity (Wildman–Crippen MR) is 88.8 cm³/mol. The zero-order chi connectivity index (χ0) is 15.7. The number of rotatable bonds is 3. The number of amides is 1. The van der Waals surface area contributed by atoms with E-state index in [2.05, 4.69) is 13.0 Å². The Hall–Kier alpha value is -2.29. The lowest BCUT2D eigenvalue weighted by Gasteiger charge is -2.23. The van der Waals surface area contributed by atoms with E-state index in [0.29, 0.717) is 12.2 Å². The maximum absolute atomic E-state index is 12.9. The lowest BCUT2D eigenvalue weighted by molar-refractivity contribution is 0.0981. The Kier molecular flexibility index (Phi) is 3.88. The molecule has 1 heterocycles. The topological polar surface area (TPSA) is 29.5 Å². The molecular weight excluding hydrogens is 274 g/mol. The summed E-state index contributed by atoms with van der Waals surface area (Å²) < 4.78 is 5.55. The van der Waals surface area contributed by atoms with E-state index in [1.807, 2.05) is 55.1 Å². The lowest BCUT2D eigenvalue weighted by atomic mass is 10.1. The third kappa shape index (κ3) is 2.47. The van der Waals surface area contributed by atoms with Crippen LogP contribution in [0.5, 0.6) is 5.75 Å². The highest BCUT2D eigenvalue weighted by Gasteiger charge is 2.31. The van der Waals surface area contributed by atoms with Crippen LogP contribution in [0, 0.1) is 6.92 Å². The summed E-state index contributed by atoms with van der Waals surface area (Å²) in [4.78, 5) is 14.8. The fourth-order valence-corrected chi connectivity index (χ4v) is 3.11. The fraction of sp³-hybridized carbons (Fsp3) is 0.316. The molecule has 1 aliphatic rings. The summed E-state index contributed by atoms with van der Waals surface area (Å²) >= 11 is 0. The third-order valence-corrected chi connectivity index (χ3v) is 4.15. The highest BCUT2D eigenvalue weighted by molar-refractivity contribution is 6.08. The monoisotopic (exact) mass is 295 g/mol. The zero-order valence-electron chi connectivity index (χ0n) is 13.3. The first-order valence-corrected chi connectivity index (χ1v) is 7.76. The SMILES string of the molecule is CCOc1ccc(C(=O)N2c3ccccc3C[C@@H]2C)cc1C. The molecule has 3 heteroatoms. The molecule has 0 saturated heterocycles. The van der Waals surface area contributed by atoms with E-state index in [4.69, 9.17) is 4.74 Å². The Morgan fingerprint density at radius 1 is 1.27 bits per heavy atom. The summed E-state index contributed by atoms with van der Waals surface area (Å²) in [5.74, 6) is 0.900. The molecule has 0 N–H and O–H groups in total. The molecule has 3 rings (SSSR count). The van der Waals surface area contributed by atoms with Gasteiger partial charge in [-0.2, -0.15) is 0 Å². The summed E-state index contributed by atoms with van der Waals surface area (Å²) in [7, 11) is 0. The number of fused-ring (bicyclic) bond motifs is 1. The summed E-state index contributed by atoms with van der Waals surface area (Å²) in [6.45, 7) is 6.66. The van der Waals surface area contributed by atoms with Crippen molar-refractivity contribution in [2.24, 2.45) is 0 Å². The number of nitrogens with zero attached hydrogens (tertiary/aromatic N) is 1. The smallest absolute Gasteiger partial charge is 0.258 e. The van der Waals surface area contributed by atoms with E-state index in [-0.39, 0.29) is 11.9 Å². The van der Waals surface area contributed by atoms with Crippen molar-refractivity contribution >= 4 is 11.6 Å². The van der Waals surface area contributed by atoms with Gasteiger partial charge in [0.25, 0.3) is 5.91 Å². The largest absolute Gasteiger partial charge is 0.494 e. The molecule has 0 bridgehead atoms. The number of carbonyl (C=O) groups excluding carboxylic acids is 1. The zero-order valence-corrected chi connectivity index (χ0v) is 13.3. The second-order valence-electron chi connectivity index (χ2n) is 5.77. The van der Waals surface area contributed by atoms with Crippen LogP contribution in [-0.2, 0) is 6.42 Å². The minimum Gasteiger partial charge on any atom is -0.494 e. The molecule has 1 atom stereocenters. The van der Waals surface area contributed by atoms with Crippen LogP contribution in [0.25, 0.3) is 0 Å².